The first-order valence-electron chi connectivity index (χ1n) is 8.27. The van der Waals surface area contributed by atoms with Gasteiger partial charge in [0.2, 0.25) is 3.79 Å². The van der Waals surface area contributed by atoms with Crippen LogP contribution in [0.2, 0.25) is 10.0 Å². The number of halogens is 5. The predicted molar refractivity (Wildman–Crippen MR) is 125 cm³/mol. The second-order valence-corrected chi connectivity index (χ2v) is 9.44. The molecule has 3 rings (SSSR count). The summed E-state index contributed by atoms with van der Waals surface area (Å²) in [5.74, 6) is -0.382. The molecule has 0 aromatic heterocycles. The van der Waals surface area contributed by atoms with Crippen LogP contribution in [-0.2, 0) is 0 Å². The smallest absolute Gasteiger partial charge is 0.201 e. The molecule has 0 atom stereocenters. The standard InChI is InChI=1S/C14H9Cl5.C7H10N2/c15-11-5-1-9(2-6-11)13(14(17,18)19)10-3-7-12(16)8-4-10;1-5-2-3-6(8)4-7(5)9/h1-8,13H;2-4H,8-9H2,1H3. The van der Waals surface area contributed by atoms with Crippen LogP contribution in [0.3, 0.4) is 0 Å². The molecule has 7 heteroatoms. The van der Waals surface area contributed by atoms with E-state index >= 15 is 0 Å². The van der Waals surface area contributed by atoms with Crippen LogP contribution in [0.5, 0.6) is 0 Å². The second-order valence-electron chi connectivity index (χ2n) is 6.19. The lowest BCUT2D eigenvalue weighted by atomic mass is 9.92. The molecule has 0 fully saturated rings. The Hall–Kier alpha value is -1.29. The molecule has 3 aromatic carbocycles. The fraction of sp³-hybridized carbons (Fsp3) is 0.143. The van der Waals surface area contributed by atoms with Crippen LogP contribution in [0, 0.1) is 6.92 Å². The average Bonchev–Trinajstić information content (AvgIpc) is 2.62. The van der Waals surface area contributed by atoms with Crippen molar-refractivity contribution in [2.75, 3.05) is 11.5 Å². The van der Waals surface area contributed by atoms with E-state index in [2.05, 4.69) is 0 Å². The lowest BCUT2D eigenvalue weighted by Crippen LogP contribution is -2.18. The Morgan fingerprint density at radius 2 is 1.14 bits per heavy atom. The molecule has 2 nitrogen and oxygen atoms in total. The van der Waals surface area contributed by atoms with Crippen LogP contribution in [0.4, 0.5) is 11.4 Å². The van der Waals surface area contributed by atoms with Gasteiger partial charge >= 0.3 is 0 Å². The van der Waals surface area contributed by atoms with Gasteiger partial charge in [0.1, 0.15) is 0 Å². The van der Waals surface area contributed by atoms with E-state index in [0.29, 0.717) is 10.0 Å². The summed E-state index contributed by atoms with van der Waals surface area (Å²) >= 11 is 30.1. The van der Waals surface area contributed by atoms with Gasteiger partial charge in [-0.15, -0.1) is 0 Å². The van der Waals surface area contributed by atoms with Gasteiger partial charge in [-0.2, -0.15) is 0 Å². The van der Waals surface area contributed by atoms with Crippen molar-refractivity contribution in [3.05, 3.63) is 93.5 Å². The predicted octanol–water partition coefficient (Wildman–Crippen LogP) is 7.65. The Morgan fingerprint density at radius 1 is 0.714 bits per heavy atom. The highest BCUT2D eigenvalue weighted by molar-refractivity contribution is 6.68. The lowest BCUT2D eigenvalue weighted by molar-refractivity contribution is 0.839. The van der Waals surface area contributed by atoms with Crippen molar-refractivity contribution in [2.45, 2.75) is 16.6 Å². The van der Waals surface area contributed by atoms with E-state index in [1.165, 1.54) is 0 Å². The molecule has 0 unspecified atom stereocenters. The summed E-state index contributed by atoms with van der Waals surface area (Å²) < 4.78 is -1.46. The van der Waals surface area contributed by atoms with Crippen LogP contribution in [-0.4, -0.2) is 3.79 Å². The molecule has 0 saturated carbocycles. The molecular weight excluding hydrogens is 458 g/mol. The molecule has 4 N–H and O–H groups in total. The van der Waals surface area contributed by atoms with Crippen LogP contribution in [0.1, 0.15) is 22.6 Å². The molecule has 0 aliphatic heterocycles. The number of benzene rings is 3. The molecule has 0 bridgehead atoms. The minimum absolute atomic E-state index is 0.382. The van der Waals surface area contributed by atoms with Crippen molar-refractivity contribution in [3.8, 4) is 0 Å². The highest BCUT2D eigenvalue weighted by Gasteiger charge is 2.35. The highest BCUT2D eigenvalue weighted by atomic mass is 35.6. The second kappa shape index (κ2) is 9.96. The van der Waals surface area contributed by atoms with Crippen LogP contribution in [0.15, 0.2) is 66.7 Å². The third-order valence-corrected chi connectivity index (χ3v) is 5.20. The Labute approximate surface area is 190 Å². The summed E-state index contributed by atoms with van der Waals surface area (Å²) in [6.45, 7) is 1.95. The largest absolute Gasteiger partial charge is 0.399 e. The summed E-state index contributed by atoms with van der Waals surface area (Å²) in [7, 11) is 0. The zero-order valence-corrected chi connectivity index (χ0v) is 18.8. The molecule has 0 heterocycles. The van der Waals surface area contributed by atoms with Gasteiger partial charge in [0, 0.05) is 21.4 Å². The summed E-state index contributed by atoms with van der Waals surface area (Å²) in [6, 6.07) is 20.0. The van der Waals surface area contributed by atoms with E-state index in [1.54, 1.807) is 30.3 Å². The van der Waals surface area contributed by atoms with Gasteiger partial charge in [-0.05, 0) is 60.0 Å². The summed E-state index contributed by atoms with van der Waals surface area (Å²) in [6.07, 6.45) is 0. The highest BCUT2D eigenvalue weighted by Crippen LogP contribution is 2.45. The minimum Gasteiger partial charge on any atom is -0.399 e. The fourth-order valence-corrected chi connectivity index (χ4v) is 3.55. The zero-order chi connectivity index (χ0) is 20.9. The van der Waals surface area contributed by atoms with Crippen molar-refractivity contribution in [1.82, 2.24) is 0 Å². The van der Waals surface area contributed by atoms with Gasteiger partial charge in [-0.1, -0.05) is 88.3 Å². The van der Waals surface area contributed by atoms with E-state index in [4.69, 9.17) is 69.5 Å². The molecule has 0 aliphatic rings. The number of hydrogen-bond acceptors (Lipinski definition) is 2. The van der Waals surface area contributed by atoms with E-state index in [-0.39, 0.29) is 5.92 Å². The molecule has 0 spiro atoms. The van der Waals surface area contributed by atoms with Crippen LogP contribution in [0.25, 0.3) is 0 Å². The Bertz CT molecular complexity index is 858. The third-order valence-electron chi connectivity index (χ3n) is 4.04. The van der Waals surface area contributed by atoms with Gasteiger partial charge in [0.05, 0.1) is 5.92 Å². The number of hydrogen-bond donors (Lipinski definition) is 2. The zero-order valence-electron chi connectivity index (χ0n) is 15.0. The molecule has 0 amide bonds. The van der Waals surface area contributed by atoms with Gasteiger partial charge < -0.3 is 11.5 Å². The first kappa shape index (κ1) is 23.0. The lowest BCUT2D eigenvalue weighted by Gasteiger charge is -2.25. The number of nitrogen functional groups attached to an aromatic ring is 2. The van der Waals surface area contributed by atoms with E-state index < -0.39 is 3.79 Å². The topological polar surface area (TPSA) is 52.0 Å². The number of aryl methyl sites for hydroxylation is 1. The van der Waals surface area contributed by atoms with E-state index in [9.17, 15) is 0 Å². The molecule has 28 heavy (non-hydrogen) atoms. The molecule has 0 aliphatic carbocycles. The van der Waals surface area contributed by atoms with Crippen molar-refractivity contribution < 1.29 is 0 Å². The maximum absolute atomic E-state index is 6.11. The Kier molecular flexibility index (Phi) is 8.18. The normalized spacial score (nSPS) is 11.1. The summed E-state index contributed by atoms with van der Waals surface area (Å²) in [5.41, 5.74) is 15.3. The van der Waals surface area contributed by atoms with Crippen molar-refractivity contribution >= 4 is 69.4 Å². The van der Waals surface area contributed by atoms with E-state index in [0.717, 1.165) is 28.1 Å². The number of rotatable bonds is 2. The van der Waals surface area contributed by atoms with Gasteiger partial charge in [-0.25, -0.2) is 0 Å². The molecule has 3 aromatic rings. The monoisotopic (exact) mass is 474 g/mol. The maximum Gasteiger partial charge on any atom is 0.201 e. The fourth-order valence-electron chi connectivity index (χ4n) is 2.54. The Morgan fingerprint density at radius 3 is 1.46 bits per heavy atom. The summed E-state index contributed by atoms with van der Waals surface area (Å²) in [4.78, 5) is 0. The van der Waals surface area contributed by atoms with Crippen molar-refractivity contribution in [3.63, 3.8) is 0 Å². The SMILES string of the molecule is Cc1ccc(N)cc1N.Clc1ccc(C(c2ccc(Cl)cc2)C(Cl)(Cl)Cl)cc1. The average molecular weight is 477 g/mol. The molecular formula is C21H19Cl5N2. The van der Waals surface area contributed by atoms with Gasteiger partial charge in [0.15, 0.2) is 0 Å². The number of alkyl halides is 3. The molecule has 0 saturated heterocycles. The van der Waals surface area contributed by atoms with Gasteiger partial charge in [0.25, 0.3) is 0 Å². The first-order chi connectivity index (χ1) is 13.1. The van der Waals surface area contributed by atoms with Gasteiger partial charge in [-0.3, -0.25) is 0 Å². The van der Waals surface area contributed by atoms with Crippen molar-refractivity contribution in [1.29, 1.82) is 0 Å². The number of nitrogens with two attached hydrogens (primary N) is 2. The molecule has 148 valence electrons. The number of anilines is 2. The Balaban J connectivity index is 0.000000261. The van der Waals surface area contributed by atoms with E-state index in [1.807, 2.05) is 43.3 Å². The maximum atomic E-state index is 6.11. The molecule has 0 radical (unpaired) electrons. The summed E-state index contributed by atoms with van der Waals surface area (Å²) in [5, 5.41) is 1.28. The third kappa shape index (κ3) is 6.65. The quantitative estimate of drug-likeness (QED) is 0.295. The van der Waals surface area contributed by atoms with Crippen LogP contribution >= 0.6 is 58.0 Å². The first-order valence-corrected chi connectivity index (χ1v) is 10.2. The minimum atomic E-state index is -1.46. The van der Waals surface area contributed by atoms with Crippen LogP contribution < -0.4 is 11.5 Å². The van der Waals surface area contributed by atoms with Crippen molar-refractivity contribution in [2.24, 2.45) is 0 Å².